The molecule has 0 aliphatic heterocycles. The number of nitrogens with zero attached hydrogens (tertiary/aromatic N) is 1. The minimum absolute atomic E-state index is 0.157. The molecule has 100 valence electrons. The lowest BCUT2D eigenvalue weighted by molar-refractivity contribution is -0.133. The largest absolute Gasteiger partial charge is 0.377 e. The van der Waals surface area contributed by atoms with Crippen molar-refractivity contribution in [3.63, 3.8) is 0 Å². The molecule has 2 rings (SSSR count). The van der Waals surface area contributed by atoms with E-state index in [2.05, 4.69) is 23.3 Å². The summed E-state index contributed by atoms with van der Waals surface area (Å²) in [4.78, 5) is 4.14. The zero-order chi connectivity index (χ0) is 13.0. The Labute approximate surface area is 109 Å². The maximum atomic E-state index is 5.62. The maximum Gasteiger partial charge on any atom is 0.0987 e. The van der Waals surface area contributed by atoms with Crippen LogP contribution in [0.3, 0.4) is 0 Å². The molecule has 1 heterocycles. The van der Waals surface area contributed by atoms with Crippen LogP contribution < -0.4 is 5.32 Å². The average molecular weight is 250 g/mol. The zero-order valence-electron chi connectivity index (χ0n) is 11.3. The molecular weight excluding hydrogens is 228 g/mol. The minimum atomic E-state index is 0.157. The summed E-state index contributed by atoms with van der Waals surface area (Å²) in [6.45, 7) is 4.92. The number of rotatable bonds is 6. The van der Waals surface area contributed by atoms with E-state index < -0.39 is 0 Å². The van der Waals surface area contributed by atoms with E-state index in [1.807, 2.05) is 19.2 Å². The molecule has 0 spiro atoms. The third kappa shape index (κ3) is 2.88. The Kier molecular flexibility index (Phi) is 4.69. The second-order valence-corrected chi connectivity index (χ2v) is 4.71. The zero-order valence-corrected chi connectivity index (χ0v) is 11.3. The number of hydrogen-bond acceptors (Lipinski definition) is 4. The molecule has 4 atom stereocenters. The number of aromatic nitrogens is 1. The highest BCUT2D eigenvalue weighted by Crippen LogP contribution is 2.29. The lowest BCUT2D eigenvalue weighted by Gasteiger charge is -2.44. The van der Waals surface area contributed by atoms with Gasteiger partial charge >= 0.3 is 0 Å². The smallest absolute Gasteiger partial charge is 0.0987 e. The van der Waals surface area contributed by atoms with Gasteiger partial charge in [-0.05, 0) is 31.9 Å². The van der Waals surface area contributed by atoms with Gasteiger partial charge in [0.15, 0.2) is 0 Å². The molecule has 0 amide bonds. The Morgan fingerprint density at radius 1 is 1.56 bits per heavy atom. The standard InChI is InChI=1S/C14H22N2O2/c1-4-18-13-8-12(14(13)17-3)16-10(2)11-6-5-7-15-9-11/h5-7,9-10,12-14,16H,4,8H2,1-3H3/t10-,12?,13?,14?/m1/s1. The number of pyridine rings is 1. The van der Waals surface area contributed by atoms with Crippen molar-refractivity contribution in [3.8, 4) is 0 Å². The van der Waals surface area contributed by atoms with Crippen molar-refractivity contribution in [2.75, 3.05) is 13.7 Å². The second kappa shape index (κ2) is 6.27. The summed E-state index contributed by atoms with van der Waals surface area (Å²) < 4.78 is 11.1. The SMILES string of the molecule is CCOC1CC(N[C@H](C)c2cccnc2)C1OC. The first-order chi connectivity index (χ1) is 8.76. The molecule has 18 heavy (non-hydrogen) atoms. The van der Waals surface area contributed by atoms with Crippen molar-refractivity contribution in [3.05, 3.63) is 30.1 Å². The third-order valence-corrected chi connectivity index (χ3v) is 3.55. The maximum absolute atomic E-state index is 5.62. The summed E-state index contributed by atoms with van der Waals surface area (Å²) in [5.74, 6) is 0. The van der Waals surface area contributed by atoms with Crippen LogP contribution in [0.15, 0.2) is 24.5 Å². The molecule has 0 aromatic carbocycles. The molecular formula is C14H22N2O2. The Bertz CT molecular complexity index is 358. The molecule has 4 nitrogen and oxygen atoms in total. The van der Waals surface area contributed by atoms with Gasteiger partial charge in [-0.15, -0.1) is 0 Å². The minimum Gasteiger partial charge on any atom is -0.377 e. The molecule has 4 heteroatoms. The fraction of sp³-hybridized carbons (Fsp3) is 0.643. The lowest BCUT2D eigenvalue weighted by atomic mass is 9.84. The summed E-state index contributed by atoms with van der Waals surface area (Å²) in [5, 5.41) is 3.58. The summed E-state index contributed by atoms with van der Waals surface area (Å²) >= 11 is 0. The quantitative estimate of drug-likeness (QED) is 0.837. The highest BCUT2D eigenvalue weighted by Gasteiger charge is 2.42. The summed E-state index contributed by atoms with van der Waals surface area (Å²) in [5.41, 5.74) is 1.20. The van der Waals surface area contributed by atoms with Gasteiger partial charge in [0.25, 0.3) is 0 Å². The fourth-order valence-electron chi connectivity index (χ4n) is 2.49. The van der Waals surface area contributed by atoms with Crippen LogP contribution in [0.2, 0.25) is 0 Å². The van der Waals surface area contributed by atoms with Crippen LogP contribution in [0.4, 0.5) is 0 Å². The van der Waals surface area contributed by atoms with Gasteiger partial charge in [0.1, 0.15) is 0 Å². The van der Waals surface area contributed by atoms with Crippen molar-refractivity contribution < 1.29 is 9.47 Å². The van der Waals surface area contributed by atoms with E-state index in [4.69, 9.17) is 9.47 Å². The van der Waals surface area contributed by atoms with E-state index in [1.54, 1.807) is 13.3 Å². The third-order valence-electron chi connectivity index (χ3n) is 3.55. The number of hydrogen-bond donors (Lipinski definition) is 1. The van der Waals surface area contributed by atoms with E-state index in [9.17, 15) is 0 Å². The van der Waals surface area contributed by atoms with Gasteiger partial charge < -0.3 is 14.8 Å². The van der Waals surface area contributed by atoms with Gasteiger partial charge in [-0.25, -0.2) is 0 Å². The van der Waals surface area contributed by atoms with E-state index in [1.165, 1.54) is 5.56 Å². The van der Waals surface area contributed by atoms with Crippen molar-refractivity contribution in [1.29, 1.82) is 0 Å². The molecule has 0 bridgehead atoms. The molecule has 1 N–H and O–H groups in total. The molecule has 1 saturated carbocycles. The molecule has 3 unspecified atom stereocenters. The molecule has 1 aliphatic carbocycles. The van der Waals surface area contributed by atoms with Crippen LogP contribution in [0.5, 0.6) is 0 Å². The lowest BCUT2D eigenvalue weighted by Crippen LogP contribution is -2.60. The Balaban J connectivity index is 1.87. The van der Waals surface area contributed by atoms with Crippen LogP contribution in [0.1, 0.15) is 31.9 Å². The highest BCUT2D eigenvalue weighted by molar-refractivity contribution is 5.14. The van der Waals surface area contributed by atoms with Crippen molar-refractivity contribution in [1.82, 2.24) is 10.3 Å². The van der Waals surface area contributed by atoms with Gasteiger partial charge in [0.2, 0.25) is 0 Å². The van der Waals surface area contributed by atoms with Gasteiger partial charge in [-0.1, -0.05) is 6.07 Å². The van der Waals surface area contributed by atoms with E-state index in [0.717, 1.165) is 13.0 Å². The molecule has 0 radical (unpaired) electrons. The Morgan fingerprint density at radius 2 is 2.39 bits per heavy atom. The van der Waals surface area contributed by atoms with Crippen LogP contribution in [0, 0.1) is 0 Å². The van der Waals surface area contributed by atoms with Crippen LogP contribution in [-0.2, 0) is 9.47 Å². The summed E-state index contributed by atoms with van der Waals surface area (Å²) in [6, 6.07) is 4.70. The van der Waals surface area contributed by atoms with Gasteiger partial charge in [0, 0.05) is 38.2 Å². The predicted molar refractivity (Wildman–Crippen MR) is 70.4 cm³/mol. The summed E-state index contributed by atoms with van der Waals surface area (Å²) in [6.07, 6.45) is 5.10. The van der Waals surface area contributed by atoms with Gasteiger partial charge in [-0.2, -0.15) is 0 Å². The van der Waals surface area contributed by atoms with Crippen LogP contribution in [0.25, 0.3) is 0 Å². The summed E-state index contributed by atoms with van der Waals surface area (Å²) in [7, 11) is 1.75. The van der Waals surface area contributed by atoms with Crippen molar-refractivity contribution in [2.45, 2.75) is 44.6 Å². The Morgan fingerprint density at radius 3 is 3.00 bits per heavy atom. The average Bonchev–Trinajstić information content (AvgIpc) is 2.38. The van der Waals surface area contributed by atoms with Crippen molar-refractivity contribution >= 4 is 0 Å². The first-order valence-corrected chi connectivity index (χ1v) is 6.56. The molecule has 1 aliphatic rings. The molecule has 0 saturated heterocycles. The first kappa shape index (κ1) is 13.5. The van der Waals surface area contributed by atoms with Crippen LogP contribution >= 0.6 is 0 Å². The topological polar surface area (TPSA) is 43.4 Å². The van der Waals surface area contributed by atoms with Crippen molar-refractivity contribution in [2.24, 2.45) is 0 Å². The van der Waals surface area contributed by atoms with E-state index >= 15 is 0 Å². The van der Waals surface area contributed by atoms with E-state index in [0.29, 0.717) is 6.04 Å². The number of nitrogens with one attached hydrogen (secondary N) is 1. The van der Waals surface area contributed by atoms with E-state index in [-0.39, 0.29) is 18.2 Å². The second-order valence-electron chi connectivity index (χ2n) is 4.71. The Hall–Kier alpha value is -0.970. The molecule has 1 aromatic rings. The normalized spacial score (nSPS) is 28.7. The molecule has 1 fully saturated rings. The fourth-order valence-corrected chi connectivity index (χ4v) is 2.49. The highest BCUT2D eigenvalue weighted by atomic mass is 16.5. The molecule has 1 aromatic heterocycles. The number of ether oxygens (including phenoxy) is 2. The van der Waals surface area contributed by atoms with Crippen LogP contribution in [-0.4, -0.2) is 37.0 Å². The van der Waals surface area contributed by atoms with Gasteiger partial charge in [0.05, 0.1) is 12.2 Å². The first-order valence-electron chi connectivity index (χ1n) is 6.56. The monoisotopic (exact) mass is 250 g/mol. The van der Waals surface area contributed by atoms with Gasteiger partial charge in [-0.3, -0.25) is 4.98 Å². The number of methoxy groups -OCH3 is 1. The predicted octanol–water partition coefficient (Wildman–Crippen LogP) is 1.92.